The van der Waals surface area contributed by atoms with E-state index in [9.17, 15) is 9.59 Å². The third kappa shape index (κ3) is 5.32. The summed E-state index contributed by atoms with van der Waals surface area (Å²) in [4.78, 5) is 32.8. The molecule has 162 valence electrons. The van der Waals surface area contributed by atoms with Crippen LogP contribution in [0.15, 0.2) is 73.1 Å². The van der Waals surface area contributed by atoms with Crippen molar-refractivity contribution in [3.8, 4) is 23.3 Å². The average Bonchev–Trinajstić information content (AvgIpc) is 2.80. The Bertz CT molecular complexity index is 1400. The van der Waals surface area contributed by atoms with Gasteiger partial charge < -0.3 is 15.4 Å². The number of nitrogens with one attached hydrogen (secondary N) is 2. The summed E-state index contributed by atoms with van der Waals surface area (Å²) in [7, 11) is 0. The number of hydrogen-bond donors (Lipinski definition) is 2. The number of rotatable bonds is 5. The first kappa shape index (κ1) is 21.5. The molecule has 2 aromatic carbocycles. The first-order chi connectivity index (χ1) is 16.0. The van der Waals surface area contributed by atoms with Crippen LogP contribution < -0.4 is 15.4 Å². The monoisotopic (exact) mass is 436 g/mol. The van der Waals surface area contributed by atoms with Crippen molar-refractivity contribution in [2.75, 3.05) is 10.6 Å². The highest BCUT2D eigenvalue weighted by atomic mass is 16.5. The molecule has 0 saturated heterocycles. The van der Waals surface area contributed by atoms with Crippen molar-refractivity contribution < 1.29 is 14.3 Å². The molecule has 0 unspecified atom stereocenters. The maximum Gasteiger partial charge on any atom is 0.300 e. The molecule has 7 heteroatoms. The predicted octanol–water partition coefficient (Wildman–Crippen LogP) is 4.94. The largest absolute Gasteiger partial charge is 0.457 e. The van der Waals surface area contributed by atoms with Crippen LogP contribution in [0.5, 0.6) is 11.5 Å². The molecule has 0 atom stereocenters. The minimum atomic E-state index is -0.391. The second kappa shape index (κ2) is 9.62. The lowest BCUT2D eigenvalue weighted by atomic mass is 10.1. The SMILES string of the molecule is CC#CC(=O)Nc1ccc2nccc(Oc3ccc(C(=O)Nc4cc(C)ccn4)cc3)c2c1. The molecule has 0 radical (unpaired) electrons. The lowest BCUT2D eigenvalue weighted by Crippen LogP contribution is -2.12. The zero-order chi connectivity index (χ0) is 23.2. The molecular weight excluding hydrogens is 416 g/mol. The Hall–Kier alpha value is -4.70. The summed E-state index contributed by atoms with van der Waals surface area (Å²) < 4.78 is 6.04. The van der Waals surface area contributed by atoms with E-state index in [0.29, 0.717) is 34.1 Å². The van der Waals surface area contributed by atoms with Crippen LogP contribution in [0, 0.1) is 18.8 Å². The van der Waals surface area contributed by atoms with Crippen LogP contribution in [0.2, 0.25) is 0 Å². The molecule has 0 aliphatic heterocycles. The van der Waals surface area contributed by atoms with E-state index in [1.165, 1.54) is 0 Å². The third-order valence-electron chi connectivity index (χ3n) is 4.70. The van der Waals surface area contributed by atoms with E-state index in [2.05, 4.69) is 32.4 Å². The number of carbonyl (C=O) groups excluding carboxylic acids is 2. The Morgan fingerprint density at radius 1 is 0.909 bits per heavy atom. The van der Waals surface area contributed by atoms with Gasteiger partial charge in [-0.05, 0) is 86.0 Å². The van der Waals surface area contributed by atoms with Crippen LogP contribution in [-0.2, 0) is 4.79 Å². The lowest BCUT2D eigenvalue weighted by molar-refractivity contribution is -0.111. The third-order valence-corrected chi connectivity index (χ3v) is 4.70. The van der Waals surface area contributed by atoms with Gasteiger partial charge in [-0.1, -0.05) is 5.92 Å². The molecule has 7 nitrogen and oxygen atoms in total. The Kier molecular flexibility index (Phi) is 6.28. The van der Waals surface area contributed by atoms with Crippen LogP contribution in [0.3, 0.4) is 0 Å². The maximum absolute atomic E-state index is 12.5. The molecule has 0 spiro atoms. The highest BCUT2D eigenvalue weighted by molar-refractivity contribution is 6.05. The zero-order valence-corrected chi connectivity index (χ0v) is 18.0. The van der Waals surface area contributed by atoms with Crippen molar-refractivity contribution in [3.05, 3.63) is 84.2 Å². The normalized spacial score (nSPS) is 10.1. The smallest absolute Gasteiger partial charge is 0.300 e. The molecular formula is C26H20N4O3. The van der Waals surface area contributed by atoms with Gasteiger partial charge in [0.2, 0.25) is 0 Å². The van der Waals surface area contributed by atoms with E-state index in [0.717, 1.165) is 10.9 Å². The molecule has 33 heavy (non-hydrogen) atoms. The standard InChI is InChI=1S/C26H20N4O3/c1-3-4-25(31)29-19-7-10-22-21(16-19)23(12-14-27-22)33-20-8-5-18(6-9-20)26(32)30-24-15-17(2)11-13-28-24/h5-16H,1-2H3,(H,29,31)(H,28,30,32). The van der Waals surface area contributed by atoms with Gasteiger partial charge in [-0.2, -0.15) is 0 Å². The summed E-state index contributed by atoms with van der Waals surface area (Å²) in [6.07, 6.45) is 3.30. The maximum atomic E-state index is 12.5. The molecule has 4 rings (SSSR count). The molecule has 0 aliphatic rings. The number of anilines is 2. The molecule has 2 amide bonds. The van der Waals surface area contributed by atoms with Crippen LogP contribution in [0.1, 0.15) is 22.8 Å². The minimum absolute atomic E-state index is 0.260. The minimum Gasteiger partial charge on any atom is -0.457 e. The molecule has 4 aromatic rings. The highest BCUT2D eigenvalue weighted by Crippen LogP contribution is 2.31. The van der Waals surface area contributed by atoms with Gasteiger partial charge in [0.1, 0.15) is 17.3 Å². The number of aromatic nitrogens is 2. The van der Waals surface area contributed by atoms with Gasteiger partial charge in [-0.15, -0.1) is 0 Å². The predicted molar refractivity (Wildman–Crippen MR) is 127 cm³/mol. The fraction of sp³-hybridized carbons (Fsp3) is 0.0769. The number of benzene rings is 2. The quantitative estimate of drug-likeness (QED) is 0.432. The van der Waals surface area contributed by atoms with Crippen LogP contribution in [0.25, 0.3) is 10.9 Å². The zero-order valence-electron chi connectivity index (χ0n) is 18.0. The van der Waals surface area contributed by atoms with E-state index in [1.807, 2.05) is 13.0 Å². The Morgan fingerprint density at radius 3 is 2.45 bits per heavy atom. The topological polar surface area (TPSA) is 93.2 Å². The van der Waals surface area contributed by atoms with Crippen molar-refractivity contribution in [3.63, 3.8) is 0 Å². The molecule has 2 N–H and O–H groups in total. The van der Waals surface area contributed by atoms with E-state index < -0.39 is 5.91 Å². The van der Waals surface area contributed by atoms with Gasteiger partial charge >= 0.3 is 0 Å². The first-order valence-electron chi connectivity index (χ1n) is 10.2. The van der Waals surface area contributed by atoms with Gasteiger partial charge in [0.25, 0.3) is 11.8 Å². The Balaban J connectivity index is 1.52. The van der Waals surface area contributed by atoms with Crippen molar-refractivity contribution >= 4 is 34.2 Å². The van der Waals surface area contributed by atoms with E-state index in [-0.39, 0.29) is 5.91 Å². The van der Waals surface area contributed by atoms with Crippen LogP contribution in [-0.4, -0.2) is 21.8 Å². The van der Waals surface area contributed by atoms with Gasteiger partial charge in [-0.25, -0.2) is 4.98 Å². The van der Waals surface area contributed by atoms with Crippen molar-refractivity contribution in [2.45, 2.75) is 13.8 Å². The van der Waals surface area contributed by atoms with Gasteiger partial charge in [0, 0.05) is 29.0 Å². The van der Waals surface area contributed by atoms with Crippen LogP contribution in [0.4, 0.5) is 11.5 Å². The number of hydrogen-bond acceptors (Lipinski definition) is 5. The second-order valence-electron chi connectivity index (χ2n) is 7.17. The van der Waals surface area contributed by atoms with Gasteiger partial charge in [0.05, 0.1) is 5.52 Å². The molecule has 2 heterocycles. The summed E-state index contributed by atoms with van der Waals surface area (Å²) in [5, 5.41) is 6.23. The van der Waals surface area contributed by atoms with Crippen molar-refractivity contribution in [1.82, 2.24) is 9.97 Å². The number of carbonyl (C=O) groups is 2. The highest BCUT2D eigenvalue weighted by Gasteiger charge is 2.10. The molecule has 0 bridgehead atoms. The second-order valence-corrected chi connectivity index (χ2v) is 7.17. The molecule has 2 aromatic heterocycles. The summed E-state index contributed by atoms with van der Waals surface area (Å²) in [6.45, 7) is 3.53. The number of ether oxygens (including phenoxy) is 1. The van der Waals surface area contributed by atoms with Crippen molar-refractivity contribution in [2.24, 2.45) is 0 Å². The van der Waals surface area contributed by atoms with Gasteiger partial charge in [0.15, 0.2) is 0 Å². The first-order valence-corrected chi connectivity index (χ1v) is 10.2. The number of pyridine rings is 2. The summed E-state index contributed by atoms with van der Waals surface area (Å²) in [5.41, 5.74) is 2.79. The van der Waals surface area contributed by atoms with E-state index >= 15 is 0 Å². The lowest BCUT2D eigenvalue weighted by Gasteiger charge is -2.11. The fourth-order valence-corrected chi connectivity index (χ4v) is 3.16. The Labute approximate surface area is 190 Å². The van der Waals surface area contributed by atoms with E-state index in [1.54, 1.807) is 73.9 Å². The summed E-state index contributed by atoms with van der Waals surface area (Å²) >= 11 is 0. The molecule has 0 saturated carbocycles. The number of fused-ring (bicyclic) bond motifs is 1. The summed E-state index contributed by atoms with van der Waals surface area (Å²) in [6, 6.07) is 17.5. The van der Waals surface area contributed by atoms with Crippen molar-refractivity contribution in [1.29, 1.82) is 0 Å². The number of amides is 2. The average molecular weight is 436 g/mol. The van der Waals surface area contributed by atoms with Crippen LogP contribution >= 0.6 is 0 Å². The fourth-order valence-electron chi connectivity index (χ4n) is 3.16. The number of aryl methyl sites for hydroxylation is 1. The summed E-state index contributed by atoms with van der Waals surface area (Å²) in [5.74, 6) is 5.98. The van der Waals surface area contributed by atoms with E-state index in [4.69, 9.17) is 4.74 Å². The van der Waals surface area contributed by atoms with Gasteiger partial charge in [-0.3, -0.25) is 14.6 Å². The molecule has 0 aliphatic carbocycles. The number of nitrogens with zero attached hydrogens (tertiary/aromatic N) is 2. The Morgan fingerprint density at radius 2 is 1.70 bits per heavy atom. The molecule has 0 fully saturated rings.